The molecular formula is C15H12BrF2NO. The fourth-order valence-corrected chi connectivity index (χ4v) is 2.12. The van der Waals surface area contributed by atoms with E-state index in [0.29, 0.717) is 11.3 Å². The quantitative estimate of drug-likeness (QED) is 0.851. The van der Waals surface area contributed by atoms with Gasteiger partial charge in [0.15, 0.2) is 0 Å². The number of amides is 1. The van der Waals surface area contributed by atoms with Crippen molar-refractivity contribution in [2.24, 2.45) is 0 Å². The van der Waals surface area contributed by atoms with E-state index in [1.807, 2.05) is 0 Å². The average molecular weight is 340 g/mol. The molecule has 2 rings (SSSR count). The maximum atomic E-state index is 13.7. The third kappa shape index (κ3) is 3.04. The molecule has 0 aliphatic rings. The third-order valence-corrected chi connectivity index (χ3v) is 3.49. The molecule has 0 heterocycles. The van der Waals surface area contributed by atoms with Crippen molar-refractivity contribution in [3.8, 4) is 0 Å². The van der Waals surface area contributed by atoms with Crippen molar-refractivity contribution in [3.05, 3.63) is 63.1 Å². The van der Waals surface area contributed by atoms with Gasteiger partial charge in [-0.2, -0.15) is 0 Å². The smallest absolute Gasteiger partial charge is 0.258 e. The van der Waals surface area contributed by atoms with Gasteiger partial charge >= 0.3 is 0 Å². The van der Waals surface area contributed by atoms with E-state index in [0.717, 1.165) is 5.56 Å². The number of aryl methyl sites for hydroxylation is 2. The van der Waals surface area contributed by atoms with E-state index >= 15 is 0 Å². The molecule has 0 atom stereocenters. The van der Waals surface area contributed by atoms with E-state index in [9.17, 15) is 13.6 Å². The van der Waals surface area contributed by atoms with Crippen molar-refractivity contribution in [1.29, 1.82) is 0 Å². The molecule has 0 aliphatic carbocycles. The van der Waals surface area contributed by atoms with E-state index in [4.69, 9.17) is 0 Å². The highest BCUT2D eigenvalue weighted by atomic mass is 79.9. The predicted molar refractivity (Wildman–Crippen MR) is 77.9 cm³/mol. The van der Waals surface area contributed by atoms with Crippen molar-refractivity contribution in [2.45, 2.75) is 13.8 Å². The zero-order valence-electron chi connectivity index (χ0n) is 10.9. The Balaban J connectivity index is 2.30. The summed E-state index contributed by atoms with van der Waals surface area (Å²) in [4.78, 5) is 12.0. The first kappa shape index (κ1) is 14.7. The molecule has 2 aromatic rings. The lowest BCUT2D eigenvalue weighted by Crippen LogP contribution is -2.14. The topological polar surface area (TPSA) is 29.1 Å². The number of nitrogens with one attached hydrogen (secondary N) is 1. The second-order valence-corrected chi connectivity index (χ2v) is 5.37. The summed E-state index contributed by atoms with van der Waals surface area (Å²) in [5.41, 5.74) is 1.69. The first-order chi connectivity index (χ1) is 9.38. The molecule has 0 saturated heterocycles. The third-order valence-electron chi connectivity index (χ3n) is 2.88. The number of hydrogen-bond acceptors (Lipinski definition) is 1. The Kier molecular flexibility index (Phi) is 4.18. The van der Waals surface area contributed by atoms with Crippen LogP contribution in [0.4, 0.5) is 14.5 Å². The normalized spacial score (nSPS) is 10.4. The number of rotatable bonds is 2. The van der Waals surface area contributed by atoms with Crippen LogP contribution >= 0.6 is 15.9 Å². The molecule has 1 amide bonds. The molecule has 0 bridgehead atoms. The van der Waals surface area contributed by atoms with Gasteiger partial charge in [-0.3, -0.25) is 4.79 Å². The van der Waals surface area contributed by atoms with Gasteiger partial charge in [-0.1, -0.05) is 6.07 Å². The van der Waals surface area contributed by atoms with Crippen molar-refractivity contribution in [1.82, 2.24) is 0 Å². The van der Waals surface area contributed by atoms with E-state index in [2.05, 4.69) is 21.2 Å². The summed E-state index contributed by atoms with van der Waals surface area (Å²) in [6.07, 6.45) is 0. The highest BCUT2D eigenvalue weighted by molar-refractivity contribution is 9.10. The van der Waals surface area contributed by atoms with Crippen LogP contribution < -0.4 is 5.32 Å². The summed E-state index contributed by atoms with van der Waals surface area (Å²) in [5, 5.41) is 2.58. The Morgan fingerprint density at radius 1 is 1.10 bits per heavy atom. The monoisotopic (exact) mass is 339 g/mol. The molecule has 2 aromatic carbocycles. The first-order valence-corrected chi connectivity index (χ1v) is 6.71. The Labute approximate surface area is 123 Å². The van der Waals surface area contributed by atoms with Gasteiger partial charge in [-0.15, -0.1) is 0 Å². The van der Waals surface area contributed by atoms with Gasteiger partial charge in [0.2, 0.25) is 0 Å². The maximum absolute atomic E-state index is 13.7. The Hall–Kier alpha value is -1.75. The molecule has 0 spiro atoms. The number of carbonyl (C=O) groups is 1. The lowest BCUT2D eigenvalue weighted by Gasteiger charge is -2.10. The zero-order chi connectivity index (χ0) is 14.9. The summed E-state index contributed by atoms with van der Waals surface area (Å²) in [6, 6.07) is 7.13. The van der Waals surface area contributed by atoms with Crippen molar-refractivity contribution in [3.63, 3.8) is 0 Å². The first-order valence-electron chi connectivity index (χ1n) is 5.91. The summed E-state index contributed by atoms with van der Waals surface area (Å²) in [7, 11) is 0. The summed E-state index contributed by atoms with van der Waals surface area (Å²) < 4.78 is 27.3. The summed E-state index contributed by atoms with van der Waals surface area (Å²) in [6.45, 7) is 3.41. The maximum Gasteiger partial charge on any atom is 0.258 e. The largest absolute Gasteiger partial charge is 0.322 e. The molecule has 0 fully saturated rings. The molecule has 0 radical (unpaired) electrons. The number of hydrogen-bond donors (Lipinski definition) is 1. The number of benzene rings is 2. The van der Waals surface area contributed by atoms with Crippen LogP contribution in [-0.2, 0) is 0 Å². The van der Waals surface area contributed by atoms with Crippen LogP contribution in [0.5, 0.6) is 0 Å². The van der Waals surface area contributed by atoms with Gasteiger partial charge in [0, 0.05) is 5.69 Å². The second kappa shape index (κ2) is 5.71. The SMILES string of the molecule is Cc1ccc(C(=O)Nc2cc(Br)c(F)cc2C)c(F)c1. The van der Waals surface area contributed by atoms with E-state index < -0.39 is 17.5 Å². The Morgan fingerprint density at radius 3 is 2.45 bits per heavy atom. The van der Waals surface area contributed by atoms with Crippen molar-refractivity contribution < 1.29 is 13.6 Å². The standard InChI is InChI=1S/C15H12BrF2NO/c1-8-3-4-10(12(17)5-8)15(20)19-14-7-11(16)13(18)6-9(14)2/h3-7H,1-2H3,(H,19,20). The average Bonchev–Trinajstić information content (AvgIpc) is 2.35. The van der Waals surface area contributed by atoms with E-state index in [1.54, 1.807) is 19.9 Å². The second-order valence-electron chi connectivity index (χ2n) is 4.52. The molecule has 0 unspecified atom stereocenters. The lowest BCUT2D eigenvalue weighted by molar-refractivity contribution is 0.102. The van der Waals surface area contributed by atoms with Crippen molar-refractivity contribution in [2.75, 3.05) is 5.32 Å². The van der Waals surface area contributed by atoms with Gasteiger partial charge in [0.05, 0.1) is 10.0 Å². The summed E-state index contributed by atoms with van der Waals surface area (Å²) >= 11 is 3.05. The highest BCUT2D eigenvalue weighted by Gasteiger charge is 2.14. The fraction of sp³-hybridized carbons (Fsp3) is 0.133. The Morgan fingerprint density at radius 2 is 1.80 bits per heavy atom. The van der Waals surface area contributed by atoms with Crippen LogP contribution in [0.25, 0.3) is 0 Å². The molecule has 2 nitrogen and oxygen atoms in total. The zero-order valence-corrected chi connectivity index (χ0v) is 12.5. The van der Waals surface area contributed by atoms with Crippen LogP contribution in [-0.4, -0.2) is 5.91 Å². The lowest BCUT2D eigenvalue weighted by atomic mass is 10.1. The predicted octanol–water partition coefficient (Wildman–Crippen LogP) is 4.60. The van der Waals surface area contributed by atoms with Gasteiger partial charge in [0.25, 0.3) is 5.91 Å². The van der Waals surface area contributed by atoms with Crippen LogP contribution in [0.3, 0.4) is 0 Å². The molecular weight excluding hydrogens is 328 g/mol. The molecule has 0 aromatic heterocycles. The number of carbonyl (C=O) groups excluding carboxylic acids is 1. The van der Waals surface area contributed by atoms with Gasteiger partial charge < -0.3 is 5.32 Å². The highest BCUT2D eigenvalue weighted by Crippen LogP contribution is 2.25. The van der Waals surface area contributed by atoms with Crippen LogP contribution in [0, 0.1) is 25.5 Å². The minimum absolute atomic E-state index is 0.0459. The number of halogens is 3. The molecule has 0 saturated carbocycles. The minimum Gasteiger partial charge on any atom is -0.322 e. The van der Waals surface area contributed by atoms with Gasteiger partial charge in [0.1, 0.15) is 11.6 Å². The van der Waals surface area contributed by atoms with Crippen molar-refractivity contribution >= 4 is 27.5 Å². The van der Waals surface area contributed by atoms with E-state index in [-0.39, 0.29) is 10.0 Å². The molecule has 1 N–H and O–H groups in total. The molecule has 5 heteroatoms. The minimum atomic E-state index is -0.582. The molecule has 20 heavy (non-hydrogen) atoms. The van der Waals surface area contributed by atoms with Crippen LogP contribution in [0.15, 0.2) is 34.8 Å². The summed E-state index contributed by atoms with van der Waals surface area (Å²) in [5.74, 6) is -1.56. The molecule has 0 aliphatic heterocycles. The fourth-order valence-electron chi connectivity index (χ4n) is 1.77. The van der Waals surface area contributed by atoms with Crippen LogP contribution in [0.2, 0.25) is 0 Å². The van der Waals surface area contributed by atoms with Gasteiger partial charge in [-0.05, 0) is 65.2 Å². The number of anilines is 1. The van der Waals surface area contributed by atoms with E-state index in [1.165, 1.54) is 24.3 Å². The molecule has 104 valence electrons. The van der Waals surface area contributed by atoms with Gasteiger partial charge in [-0.25, -0.2) is 8.78 Å². The Bertz CT molecular complexity index is 686. The van der Waals surface area contributed by atoms with Crippen LogP contribution in [0.1, 0.15) is 21.5 Å².